The fraction of sp³-hybridized carbons (Fsp3) is 0.844. The molecule has 4 heterocycles. The van der Waals surface area contributed by atoms with Crippen molar-refractivity contribution in [3.05, 3.63) is 23.8 Å². The van der Waals surface area contributed by atoms with Crippen molar-refractivity contribution in [2.45, 2.75) is 191 Å². The van der Waals surface area contributed by atoms with Crippen LogP contribution < -0.4 is 0 Å². The molecule has 0 radical (unpaired) electrons. The predicted octanol–water partition coefficient (Wildman–Crippen LogP) is 1.18. The highest BCUT2D eigenvalue weighted by atomic mass is 16.7. The molecule has 0 bridgehead atoms. The van der Waals surface area contributed by atoms with Crippen molar-refractivity contribution in [3.8, 4) is 0 Å². The summed E-state index contributed by atoms with van der Waals surface area (Å²) >= 11 is 0. The van der Waals surface area contributed by atoms with Gasteiger partial charge >= 0.3 is 5.97 Å². The number of esters is 1. The number of nitrogens with zero attached hydrogens (tertiary/aromatic N) is 1. The Bertz CT molecular complexity index is 1540. The minimum atomic E-state index is -1.49. The molecular weight excluding hydrogens is 826 g/mol. The van der Waals surface area contributed by atoms with Gasteiger partial charge in [0.2, 0.25) is 0 Å². The second kappa shape index (κ2) is 23.5. The first-order chi connectivity index (χ1) is 29.5. The zero-order valence-corrected chi connectivity index (χ0v) is 38.7. The number of methoxy groups -OCH3 is 1. The lowest BCUT2D eigenvalue weighted by Gasteiger charge is -2.50. The second-order valence-corrected chi connectivity index (χ2v) is 18.5. The fourth-order valence-electron chi connectivity index (χ4n) is 9.28. The molecule has 21 atom stereocenters. The van der Waals surface area contributed by atoms with Gasteiger partial charge in [-0.05, 0) is 73.5 Å². The first-order valence-electron chi connectivity index (χ1n) is 22.3. The number of allylic oxidation sites excluding steroid dienone is 3. The molecule has 0 aromatic heterocycles. The predicted molar refractivity (Wildman–Crippen MR) is 226 cm³/mol. The molecule has 63 heavy (non-hydrogen) atoms. The van der Waals surface area contributed by atoms with Gasteiger partial charge in [-0.15, -0.1) is 0 Å². The summed E-state index contributed by atoms with van der Waals surface area (Å²) in [4.78, 5) is 41.4. The van der Waals surface area contributed by atoms with Gasteiger partial charge in [-0.1, -0.05) is 38.5 Å². The molecule has 3 saturated heterocycles. The standard InChI is InChI=1S/C45H75NO17/c1-12-32-29(21-57-43-38(53)41(56-11)36(51)25(5)59-43)17-22(2)13-14-30(48)23(3)18-28(15-16-47)39(24(4)31(49)19-33(50)61-32)63-44-37(52)35(46(9)10)40(26(6)60-44)62-34-20-45(8,55)42(54)27(7)58-34/h13-14,16-17,23-29,31-32,34-44,49,51-55H,12,15,18-21H2,1-11H3/b14-13+,22-17+/t23-,24+,25-,26-,27+,28?,29-,31-,32-,34+,35-,36-,37-,38-,39-,40-,41-,42+,43-,44+,45-/m1/s1. The third-order valence-corrected chi connectivity index (χ3v) is 13.2. The summed E-state index contributed by atoms with van der Waals surface area (Å²) in [5.41, 5.74) is -0.845. The monoisotopic (exact) mass is 902 g/mol. The quantitative estimate of drug-likeness (QED) is 0.119. The number of ether oxygens (including phenoxy) is 8. The zero-order valence-electron chi connectivity index (χ0n) is 38.7. The number of carbonyl (C=O) groups is 3. The molecule has 0 aromatic carbocycles. The van der Waals surface area contributed by atoms with Crippen LogP contribution in [0, 0.1) is 23.7 Å². The summed E-state index contributed by atoms with van der Waals surface area (Å²) in [5.74, 6) is -3.73. The van der Waals surface area contributed by atoms with Crippen LogP contribution in [0.3, 0.4) is 0 Å². The van der Waals surface area contributed by atoms with E-state index in [0.717, 1.165) is 0 Å². The van der Waals surface area contributed by atoms with Gasteiger partial charge < -0.3 is 78.2 Å². The van der Waals surface area contributed by atoms with E-state index in [0.29, 0.717) is 18.3 Å². The van der Waals surface area contributed by atoms with Gasteiger partial charge in [0.25, 0.3) is 0 Å². The Balaban J connectivity index is 1.61. The highest BCUT2D eigenvalue weighted by molar-refractivity contribution is 5.91. The van der Waals surface area contributed by atoms with Crippen molar-refractivity contribution in [1.29, 1.82) is 0 Å². The number of carbonyl (C=O) groups excluding carboxylic acids is 3. The molecule has 362 valence electrons. The van der Waals surface area contributed by atoms with Crippen LogP contribution >= 0.6 is 0 Å². The Kier molecular flexibility index (Phi) is 19.9. The van der Waals surface area contributed by atoms with E-state index in [1.165, 1.54) is 20.1 Å². The Morgan fingerprint density at radius 3 is 2.14 bits per heavy atom. The van der Waals surface area contributed by atoms with Gasteiger partial charge in [0.1, 0.15) is 49.0 Å². The molecule has 0 aliphatic carbocycles. The molecule has 3 fully saturated rings. The average Bonchev–Trinajstić information content (AvgIpc) is 3.21. The number of aliphatic hydroxyl groups is 6. The molecule has 0 saturated carbocycles. The van der Waals surface area contributed by atoms with E-state index in [2.05, 4.69) is 0 Å². The first kappa shape index (κ1) is 53.3. The minimum absolute atomic E-state index is 0.0412. The topological polar surface area (TPSA) is 250 Å². The van der Waals surface area contributed by atoms with E-state index in [-0.39, 0.29) is 31.7 Å². The van der Waals surface area contributed by atoms with Crippen molar-refractivity contribution in [3.63, 3.8) is 0 Å². The van der Waals surface area contributed by atoms with Crippen molar-refractivity contribution < 1.29 is 82.9 Å². The molecular formula is C45H75NO17. The smallest absolute Gasteiger partial charge is 0.308 e. The van der Waals surface area contributed by atoms with Crippen LogP contribution in [-0.4, -0.2) is 185 Å². The second-order valence-electron chi connectivity index (χ2n) is 18.5. The number of cyclic esters (lactones) is 1. The molecule has 18 nitrogen and oxygen atoms in total. The maximum absolute atomic E-state index is 13.7. The van der Waals surface area contributed by atoms with Crippen molar-refractivity contribution in [2.75, 3.05) is 27.8 Å². The normalized spacial score (nSPS) is 46.5. The number of hydrogen-bond acceptors (Lipinski definition) is 18. The molecule has 0 amide bonds. The third kappa shape index (κ3) is 13.4. The highest BCUT2D eigenvalue weighted by Gasteiger charge is 2.51. The third-order valence-electron chi connectivity index (χ3n) is 13.2. The maximum Gasteiger partial charge on any atom is 0.308 e. The summed E-state index contributed by atoms with van der Waals surface area (Å²) in [6.45, 7) is 13.4. The molecule has 0 spiro atoms. The van der Waals surface area contributed by atoms with E-state index in [9.17, 15) is 45.0 Å². The number of likely N-dealkylation sites (N-methyl/N-ethyl adjacent to an activating group) is 1. The van der Waals surface area contributed by atoms with Crippen LogP contribution in [-0.2, 0) is 52.3 Å². The molecule has 6 N–H and O–H groups in total. The first-order valence-corrected chi connectivity index (χ1v) is 22.3. The minimum Gasteiger partial charge on any atom is -0.462 e. The molecule has 0 aromatic rings. The Labute approximate surface area is 371 Å². The molecule has 4 aliphatic heterocycles. The largest absolute Gasteiger partial charge is 0.462 e. The van der Waals surface area contributed by atoms with Gasteiger partial charge in [0.05, 0.1) is 55.2 Å². The zero-order chi connectivity index (χ0) is 47.1. The van der Waals surface area contributed by atoms with Crippen molar-refractivity contribution >= 4 is 18.0 Å². The number of ketones is 1. The van der Waals surface area contributed by atoms with Crippen LogP contribution in [0.5, 0.6) is 0 Å². The average molecular weight is 902 g/mol. The van der Waals surface area contributed by atoms with Crippen LogP contribution in [0.25, 0.3) is 0 Å². The Morgan fingerprint density at radius 1 is 0.873 bits per heavy atom. The summed E-state index contributed by atoms with van der Waals surface area (Å²) in [7, 11) is 4.86. The summed E-state index contributed by atoms with van der Waals surface area (Å²) in [6.07, 6.45) is -10.0. The van der Waals surface area contributed by atoms with Crippen LogP contribution in [0.15, 0.2) is 23.8 Å². The highest BCUT2D eigenvalue weighted by Crippen LogP contribution is 2.37. The van der Waals surface area contributed by atoms with E-state index < -0.39 is 140 Å². The SMILES string of the molecule is CC[C@H]1OC(=O)C[C@@H](O)[C@H](C)[C@@H](O[C@@H]2O[C@H](C)[C@@H](O[C@H]3C[C@@](C)(O)[C@@H](O)[C@H](C)O3)[C@H](N(C)C)[C@H]2O)C(CC=O)C[C@@H](C)C(=O)/C=C/C(C)=C/[C@@H]1CO[C@@H]1O[C@H](C)[C@@H](O)[C@@H](OC)[C@H]1O. The van der Waals surface area contributed by atoms with Gasteiger partial charge in [-0.2, -0.15) is 0 Å². The summed E-state index contributed by atoms with van der Waals surface area (Å²) < 4.78 is 48.3. The summed E-state index contributed by atoms with van der Waals surface area (Å²) in [6, 6.07) is -0.755. The van der Waals surface area contributed by atoms with Gasteiger partial charge in [-0.3, -0.25) is 9.59 Å². The fourth-order valence-corrected chi connectivity index (χ4v) is 9.28. The number of hydrogen-bond donors (Lipinski definition) is 6. The van der Waals surface area contributed by atoms with E-state index in [1.54, 1.807) is 72.7 Å². The van der Waals surface area contributed by atoms with Crippen molar-refractivity contribution in [1.82, 2.24) is 4.90 Å². The maximum atomic E-state index is 13.7. The number of aliphatic hydroxyl groups excluding tert-OH is 5. The summed E-state index contributed by atoms with van der Waals surface area (Å²) in [5, 5.41) is 66.4. The Hall–Kier alpha value is -2.27. The van der Waals surface area contributed by atoms with Gasteiger partial charge in [-0.25, -0.2) is 0 Å². The lowest BCUT2D eigenvalue weighted by molar-refractivity contribution is -0.341. The lowest BCUT2D eigenvalue weighted by Crippen LogP contribution is -2.65. The van der Waals surface area contributed by atoms with E-state index >= 15 is 0 Å². The molecule has 18 heteroatoms. The number of rotatable bonds is 12. The van der Waals surface area contributed by atoms with Gasteiger partial charge in [0.15, 0.2) is 24.7 Å². The number of aldehydes is 1. The molecule has 1 unspecified atom stereocenters. The van der Waals surface area contributed by atoms with Crippen LogP contribution in [0.4, 0.5) is 0 Å². The van der Waals surface area contributed by atoms with Crippen LogP contribution in [0.2, 0.25) is 0 Å². The molecule has 4 rings (SSSR count). The van der Waals surface area contributed by atoms with Crippen LogP contribution in [0.1, 0.15) is 87.5 Å². The Morgan fingerprint density at radius 2 is 1.54 bits per heavy atom. The molecule has 4 aliphatic rings. The van der Waals surface area contributed by atoms with Crippen molar-refractivity contribution in [2.24, 2.45) is 23.7 Å². The van der Waals surface area contributed by atoms with Gasteiger partial charge in [0, 0.05) is 37.7 Å². The van der Waals surface area contributed by atoms with E-state index in [1.807, 2.05) is 6.92 Å². The van der Waals surface area contributed by atoms with E-state index in [4.69, 9.17) is 37.9 Å². The lowest BCUT2D eigenvalue weighted by atomic mass is 9.79.